The molecule has 26 heavy (non-hydrogen) atoms. The standard InChI is InChI=1S/C19H25N3O4/c1-13-12-14(20-15-3-5-17(23)21-18(15)24)2-4-16(13)22-8-6-19(7-9-22)25-10-11-26-19/h2,4,12,15,20H,3,5-11H2,1H3,(H,21,23,24). The number of carbonyl (C=O) groups is 2. The minimum Gasteiger partial charge on any atom is -0.374 e. The van der Waals surface area contributed by atoms with Crippen LogP contribution in [0.25, 0.3) is 0 Å². The molecule has 4 rings (SSSR count). The second-order valence-corrected chi connectivity index (χ2v) is 7.24. The molecule has 1 atom stereocenters. The average Bonchev–Trinajstić information content (AvgIpc) is 3.07. The van der Waals surface area contributed by atoms with Gasteiger partial charge in [0.2, 0.25) is 11.8 Å². The first-order chi connectivity index (χ1) is 12.5. The van der Waals surface area contributed by atoms with E-state index in [0.717, 1.165) is 37.2 Å². The fourth-order valence-corrected chi connectivity index (χ4v) is 4.01. The van der Waals surface area contributed by atoms with Gasteiger partial charge in [-0.25, -0.2) is 0 Å². The first-order valence-corrected chi connectivity index (χ1v) is 9.28. The summed E-state index contributed by atoms with van der Waals surface area (Å²) < 4.78 is 11.6. The van der Waals surface area contributed by atoms with Gasteiger partial charge < -0.3 is 19.7 Å². The molecule has 3 fully saturated rings. The van der Waals surface area contributed by atoms with E-state index >= 15 is 0 Å². The number of hydrogen-bond donors (Lipinski definition) is 2. The van der Waals surface area contributed by atoms with E-state index in [0.29, 0.717) is 26.1 Å². The van der Waals surface area contributed by atoms with Crippen molar-refractivity contribution in [2.45, 2.75) is 44.4 Å². The zero-order valence-electron chi connectivity index (χ0n) is 15.0. The highest BCUT2D eigenvalue weighted by atomic mass is 16.7. The van der Waals surface area contributed by atoms with Crippen molar-refractivity contribution in [3.8, 4) is 0 Å². The van der Waals surface area contributed by atoms with Gasteiger partial charge in [-0.2, -0.15) is 0 Å². The molecule has 3 saturated heterocycles. The molecule has 7 nitrogen and oxygen atoms in total. The van der Waals surface area contributed by atoms with Crippen LogP contribution in [0.15, 0.2) is 18.2 Å². The molecule has 1 unspecified atom stereocenters. The molecule has 1 spiro atoms. The predicted octanol–water partition coefficient (Wildman–Crippen LogP) is 1.56. The lowest BCUT2D eigenvalue weighted by Crippen LogP contribution is -2.47. The van der Waals surface area contributed by atoms with Crippen molar-refractivity contribution >= 4 is 23.2 Å². The van der Waals surface area contributed by atoms with E-state index in [1.54, 1.807) is 0 Å². The third kappa shape index (κ3) is 3.41. The summed E-state index contributed by atoms with van der Waals surface area (Å²) >= 11 is 0. The van der Waals surface area contributed by atoms with Crippen molar-refractivity contribution in [1.82, 2.24) is 5.32 Å². The van der Waals surface area contributed by atoms with Gasteiger partial charge in [0, 0.05) is 43.7 Å². The van der Waals surface area contributed by atoms with E-state index in [2.05, 4.69) is 34.6 Å². The smallest absolute Gasteiger partial charge is 0.249 e. The molecule has 1 aromatic carbocycles. The summed E-state index contributed by atoms with van der Waals surface area (Å²) in [6.45, 7) is 5.28. The maximum Gasteiger partial charge on any atom is 0.249 e. The fourth-order valence-electron chi connectivity index (χ4n) is 4.01. The zero-order valence-corrected chi connectivity index (χ0v) is 15.0. The molecule has 2 N–H and O–H groups in total. The van der Waals surface area contributed by atoms with Crippen LogP contribution in [0.2, 0.25) is 0 Å². The Morgan fingerprint density at radius 2 is 1.92 bits per heavy atom. The monoisotopic (exact) mass is 359 g/mol. The Morgan fingerprint density at radius 1 is 1.19 bits per heavy atom. The Kier molecular flexibility index (Phi) is 4.58. The molecule has 3 aliphatic heterocycles. The molecule has 0 radical (unpaired) electrons. The lowest BCUT2D eigenvalue weighted by molar-refractivity contribution is -0.169. The van der Waals surface area contributed by atoms with Crippen LogP contribution < -0.4 is 15.5 Å². The number of aryl methyl sites for hydroxylation is 1. The Labute approximate surface area is 153 Å². The van der Waals surface area contributed by atoms with Crippen LogP contribution in [-0.2, 0) is 19.1 Å². The maximum atomic E-state index is 11.9. The normalized spacial score (nSPS) is 25.4. The topological polar surface area (TPSA) is 79.9 Å². The van der Waals surface area contributed by atoms with Gasteiger partial charge in [-0.05, 0) is 37.1 Å². The second kappa shape index (κ2) is 6.89. The third-order valence-corrected chi connectivity index (χ3v) is 5.46. The quantitative estimate of drug-likeness (QED) is 0.798. The first kappa shape index (κ1) is 17.3. The van der Waals surface area contributed by atoms with Crippen molar-refractivity contribution in [2.24, 2.45) is 0 Å². The molecule has 0 saturated carbocycles. The number of rotatable bonds is 3. The first-order valence-electron chi connectivity index (χ1n) is 9.28. The number of nitrogens with zero attached hydrogens (tertiary/aromatic N) is 1. The minimum atomic E-state index is -0.363. The highest BCUT2D eigenvalue weighted by molar-refractivity contribution is 6.01. The second-order valence-electron chi connectivity index (χ2n) is 7.24. The highest BCUT2D eigenvalue weighted by Gasteiger charge is 2.40. The number of hydrogen-bond acceptors (Lipinski definition) is 6. The summed E-state index contributed by atoms with van der Waals surface area (Å²) in [6.07, 6.45) is 2.66. The zero-order chi connectivity index (χ0) is 18.1. The van der Waals surface area contributed by atoms with Gasteiger partial charge in [-0.3, -0.25) is 14.9 Å². The van der Waals surface area contributed by atoms with Gasteiger partial charge >= 0.3 is 0 Å². The molecule has 1 aromatic rings. The molecular weight excluding hydrogens is 334 g/mol. The van der Waals surface area contributed by atoms with E-state index < -0.39 is 0 Å². The number of benzene rings is 1. The van der Waals surface area contributed by atoms with Crippen LogP contribution in [0.1, 0.15) is 31.2 Å². The number of imide groups is 1. The molecule has 3 aliphatic rings. The number of nitrogens with one attached hydrogen (secondary N) is 2. The van der Waals surface area contributed by atoms with Crippen LogP contribution in [0.5, 0.6) is 0 Å². The van der Waals surface area contributed by atoms with Crippen LogP contribution >= 0.6 is 0 Å². The summed E-state index contributed by atoms with van der Waals surface area (Å²) in [5.74, 6) is -0.809. The molecule has 140 valence electrons. The van der Waals surface area contributed by atoms with Gasteiger partial charge in [-0.15, -0.1) is 0 Å². The largest absolute Gasteiger partial charge is 0.374 e. The van der Waals surface area contributed by atoms with E-state index in [4.69, 9.17) is 9.47 Å². The van der Waals surface area contributed by atoms with Crippen molar-refractivity contribution in [3.05, 3.63) is 23.8 Å². The number of amides is 2. The number of anilines is 2. The molecular formula is C19H25N3O4. The summed E-state index contributed by atoms with van der Waals surface area (Å²) in [7, 11) is 0. The lowest BCUT2D eigenvalue weighted by Gasteiger charge is -2.39. The summed E-state index contributed by atoms with van der Waals surface area (Å²) in [5.41, 5.74) is 3.26. The summed E-state index contributed by atoms with van der Waals surface area (Å²) in [5, 5.41) is 5.62. The van der Waals surface area contributed by atoms with Crippen molar-refractivity contribution in [2.75, 3.05) is 36.5 Å². The van der Waals surface area contributed by atoms with Crippen LogP contribution in [0.3, 0.4) is 0 Å². The number of carbonyl (C=O) groups excluding carboxylic acids is 2. The Morgan fingerprint density at radius 3 is 2.58 bits per heavy atom. The van der Waals surface area contributed by atoms with Crippen molar-refractivity contribution in [1.29, 1.82) is 0 Å². The summed E-state index contributed by atoms with van der Waals surface area (Å²) in [4.78, 5) is 25.5. The van der Waals surface area contributed by atoms with Gasteiger partial charge in [0.25, 0.3) is 0 Å². The number of piperidine rings is 2. The molecule has 3 heterocycles. The predicted molar refractivity (Wildman–Crippen MR) is 97.1 cm³/mol. The van der Waals surface area contributed by atoms with E-state index in [-0.39, 0.29) is 23.6 Å². The lowest BCUT2D eigenvalue weighted by atomic mass is 10.0. The molecule has 0 bridgehead atoms. The van der Waals surface area contributed by atoms with Crippen molar-refractivity contribution in [3.63, 3.8) is 0 Å². The molecule has 0 aliphatic carbocycles. The Balaban J connectivity index is 1.40. The van der Waals surface area contributed by atoms with E-state index in [1.807, 2.05) is 6.07 Å². The van der Waals surface area contributed by atoms with Crippen LogP contribution in [0.4, 0.5) is 11.4 Å². The average molecular weight is 359 g/mol. The van der Waals surface area contributed by atoms with Crippen LogP contribution in [0, 0.1) is 6.92 Å². The molecule has 0 aromatic heterocycles. The van der Waals surface area contributed by atoms with Gasteiger partial charge in [0.15, 0.2) is 5.79 Å². The van der Waals surface area contributed by atoms with Gasteiger partial charge in [0.1, 0.15) is 6.04 Å². The maximum absolute atomic E-state index is 11.9. The van der Waals surface area contributed by atoms with Crippen molar-refractivity contribution < 1.29 is 19.1 Å². The van der Waals surface area contributed by atoms with E-state index in [1.165, 1.54) is 5.69 Å². The third-order valence-electron chi connectivity index (χ3n) is 5.46. The Hall–Kier alpha value is -2.12. The fraction of sp³-hybridized carbons (Fsp3) is 0.579. The minimum absolute atomic E-state index is 0.197. The summed E-state index contributed by atoms with van der Waals surface area (Å²) in [6, 6.07) is 5.80. The van der Waals surface area contributed by atoms with Crippen LogP contribution in [-0.4, -0.2) is 49.9 Å². The SMILES string of the molecule is Cc1cc(NC2CCC(=O)NC2=O)ccc1N1CCC2(CC1)OCCO2. The van der Waals surface area contributed by atoms with Gasteiger partial charge in [-0.1, -0.05) is 0 Å². The molecule has 2 amide bonds. The van der Waals surface area contributed by atoms with E-state index in [9.17, 15) is 9.59 Å². The van der Waals surface area contributed by atoms with Gasteiger partial charge in [0.05, 0.1) is 13.2 Å². The Bertz CT molecular complexity index is 705. The highest BCUT2D eigenvalue weighted by Crippen LogP contribution is 2.34. The number of ether oxygens (including phenoxy) is 2. The molecule has 7 heteroatoms.